The number of carbonyl (C=O) groups is 1. The number of thiophene rings is 1. The van der Waals surface area contributed by atoms with Crippen molar-refractivity contribution in [1.82, 2.24) is 4.90 Å². The summed E-state index contributed by atoms with van der Waals surface area (Å²) >= 11 is 7.95. The van der Waals surface area contributed by atoms with E-state index < -0.39 is 0 Å². The van der Waals surface area contributed by atoms with Crippen molar-refractivity contribution >= 4 is 34.5 Å². The van der Waals surface area contributed by atoms with E-state index in [1.54, 1.807) is 30.6 Å². The molecule has 0 fully saturated rings. The lowest BCUT2D eigenvalue weighted by atomic mass is 10.0. The van der Waals surface area contributed by atoms with Gasteiger partial charge in [0.2, 0.25) is 5.91 Å². The lowest BCUT2D eigenvalue weighted by Gasteiger charge is -2.33. The fraction of sp³-hybridized carbons (Fsp3) is 0.389. The van der Waals surface area contributed by atoms with Crippen LogP contribution in [0, 0.1) is 0 Å². The number of amides is 1. The highest BCUT2D eigenvalue weighted by molar-refractivity contribution is 7.10. The Morgan fingerprint density at radius 3 is 2.84 bits per heavy atom. The summed E-state index contributed by atoms with van der Waals surface area (Å²) in [6.07, 6.45) is 0.988. The van der Waals surface area contributed by atoms with Gasteiger partial charge in [-0.25, -0.2) is 0 Å². The van der Waals surface area contributed by atoms with Gasteiger partial charge in [-0.2, -0.15) is 0 Å². The van der Waals surface area contributed by atoms with Crippen molar-refractivity contribution in [3.8, 4) is 11.5 Å². The maximum Gasteiger partial charge on any atom is 0.238 e. The van der Waals surface area contributed by atoms with E-state index in [9.17, 15) is 4.79 Å². The Kier molecular flexibility index (Phi) is 5.51. The molecule has 0 unspecified atom stereocenters. The SMILES string of the molecule is COc1cc(OC)c(NC(=O)CN2CCc3sccc3[C@@H]2C)cc1Cl. The van der Waals surface area contributed by atoms with E-state index in [-0.39, 0.29) is 11.9 Å². The number of methoxy groups -OCH3 is 2. The number of fused-ring (bicyclic) bond motifs is 1. The van der Waals surface area contributed by atoms with Crippen LogP contribution >= 0.6 is 22.9 Å². The molecule has 25 heavy (non-hydrogen) atoms. The van der Waals surface area contributed by atoms with Crippen molar-refractivity contribution in [2.24, 2.45) is 0 Å². The van der Waals surface area contributed by atoms with E-state index in [0.717, 1.165) is 13.0 Å². The molecule has 0 aliphatic carbocycles. The lowest BCUT2D eigenvalue weighted by molar-refractivity contribution is -0.117. The van der Waals surface area contributed by atoms with Crippen molar-refractivity contribution in [3.63, 3.8) is 0 Å². The molecule has 1 aromatic carbocycles. The molecule has 2 aromatic rings. The zero-order valence-corrected chi connectivity index (χ0v) is 16.0. The third kappa shape index (κ3) is 3.76. The smallest absolute Gasteiger partial charge is 0.238 e. The number of rotatable bonds is 5. The number of anilines is 1. The van der Waals surface area contributed by atoms with E-state index in [1.807, 2.05) is 0 Å². The monoisotopic (exact) mass is 380 g/mol. The minimum Gasteiger partial charge on any atom is -0.495 e. The van der Waals surface area contributed by atoms with Crippen molar-refractivity contribution in [3.05, 3.63) is 39.0 Å². The molecule has 1 amide bonds. The van der Waals surface area contributed by atoms with E-state index in [0.29, 0.717) is 28.8 Å². The zero-order chi connectivity index (χ0) is 18.0. The van der Waals surface area contributed by atoms with E-state index >= 15 is 0 Å². The molecule has 0 radical (unpaired) electrons. The fourth-order valence-corrected chi connectivity index (χ4v) is 4.31. The molecular weight excluding hydrogens is 360 g/mol. The number of hydrogen-bond acceptors (Lipinski definition) is 5. The van der Waals surface area contributed by atoms with Crippen LogP contribution in [-0.2, 0) is 11.2 Å². The molecule has 0 bridgehead atoms. The predicted molar refractivity (Wildman–Crippen MR) is 101 cm³/mol. The van der Waals surface area contributed by atoms with Crippen LogP contribution in [0.5, 0.6) is 11.5 Å². The second kappa shape index (κ2) is 7.64. The van der Waals surface area contributed by atoms with Gasteiger partial charge in [0.25, 0.3) is 0 Å². The first-order valence-electron chi connectivity index (χ1n) is 8.05. The summed E-state index contributed by atoms with van der Waals surface area (Å²) in [4.78, 5) is 16.1. The van der Waals surface area contributed by atoms with Crippen molar-refractivity contribution in [2.45, 2.75) is 19.4 Å². The summed E-state index contributed by atoms with van der Waals surface area (Å²) in [7, 11) is 3.08. The standard InChI is InChI=1S/C18H21ClN2O3S/c1-11-12-5-7-25-17(12)4-6-21(11)10-18(22)20-14-8-13(19)15(23-2)9-16(14)24-3/h5,7-9,11H,4,6,10H2,1-3H3,(H,20,22)/t11-/m0/s1. The van der Waals surface area contributed by atoms with Gasteiger partial charge >= 0.3 is 0 Å². The van der Waals surface area contributed by atoms with Crippen molar-refractivity contribution in [1.29, 1.82) is 0 Å². The molecule has 0 saturated carbocycles. The van der Waals surface area contributed by atoms with Crippen LogP contribution < -0.4 is 14.8 Å². The number of halogens is 1. The van der Waals surface area contributed by atoms with Crippen LogP contribution in [-0.4, -0.2) is 38.1 Å². The molecule has 2 heterocycles. The molecule has 0 saturated heterocycles. The van der Waals surface area contributed by atoms with Crippen molar-refractivity contribution < 1.29 is 14.3 Å². The van der Waals surface area contributed by atoms with E-state index in [1.165, 1.54) is 17.6 Å². The van der Waals surface area contributed by atoms with Crippen LogP contribution in [0.2, 0.25) is 5.02 Å². The van der Waals surface area contributed by atoms with E-state index in [2.05, 4.69) is 28.6 Å². The topological polar surface area (TPSA) is 50.8 Å². The van der Waals surface area contributed by atoms with Gasteiger partial charge in [0.1, 0.15) is 11.5 Å². The molecule has 1 aliphatic rings. The van der Waals surface area contributed by atoms with Crippen LogP contribution in [0.15, 0.2) is 23.6 Å². The number of nitrogens with one attached hydrogen (secondary N) is 1. The first-order valence-corrected chi connectivity index (χ1v) is 9.31. The van der Waals surface area contributed by atoms with Gasteiger partial charge < -0.3 is 14.8 Å². The molecular formula is C18H21ClN2O3S. The Bertz CT molecular complexity index is 778. The molecule has 1 aliphatic heterocycles. The highest BCUT2D eigenvalue weighted by Gasteiger charge is 2.26. The Labute approximate surface area is 156 Å². The van der Waals surface area contributed by atoms with Gasteiger partial charge in [-0.1, -0.05) is 11.6 Å². The van der Waals surface area contributed by atoms with Crippen molar-refractivity contribution in [2.75, 3.05) is 32.6 Å². The highest BCUT2D eigenvalue weighted by atomic mass is 35.5. The maximum absolute atomic E-state index is 12.5. The summed E-state index contributed by atoms with van der Waals surface area (Å²) in [6.45, 7) is 3.34. The Morgan fingerprint density at radius 2 is 2.12 bits per heavy atom. The van der Waals surface area contributed by atoms with Gasteiger partial charge in [-0.05, 0) is 36.4 Å². The molecule has 3 rings (SSSR count). The van der Waals surface area contributed by atoms with Gasteiger partial charge in [-0.3, -0.25) is 9.69 Å². The van der Waals surface area contributed by atoms with Crippen LogP contribution in [0.3, 0.4) is 0 Å². The number of nitrogens with zero attached hydrogens (tertiary/aromatic N) is 1. The molecule has 1 aromatic heterocycles. The third-order valence-electron chi connectivity index (χ3n) is 4.50. The maximum atomic E-state index is 12.5. The number of carbonyl (C=O) groups excluding carboxylic acids is 1. The van der Waals surface area contributed by atoms with Gasteiger partial charge in [0.15, 0.2) is 0 Å². The highest BCUT2D eigenvalue weighted by Crippen LogP contribution is 2.36. The summed E-state index contributed by atoms with van der Waals surface area (Å²) in [5.74, 6) is 0.928. The zero-order valence-electron chi connectivity index (χ0n) is 14.5. The largest absolute Gasteiger partial charge is 0.495 e. The first-order chi connectivity index (χ1) is 12.0. The first kappa shape index (κ1) is 18.0. The van der Waals surface area contributed by atoms with Gasteiger partial charge in [-0.15, -0.1) is 11.3 Å². The second-order valence-electron chi connectivity index (χ2n) is 5.93. The summed E-state index contributed by atoms with van der Waals surface area (Å²) in [5.41, 5.74) is 1.87. The average Bonchev–Trinajstić information content (AvgIpc) is 3.07. The number of ether oxygens (including phenoxy) is 2. The quantitative estimate of drug-likeness (QED) is 0.852. The minimum absolute atomic E-state index is 0.0925. The Morgan fingerprint density at radius 1 is 1.36 bits per heavy atom. The molecule has 1 atom stereocenters. The van der Waals surface area contributed by atoms with Gasteiger partial charge in [0, 0.05) is 23.5 Å². The third-order valence-corrected chi connectivity index (χ3v) is 5.79. The molecule has 7 heteroatoms. The van der Waals surface area contributed by atoms with Crippen LogP contribution in [0.25, 0.3) is 0 Å². The summed E-state index contributed by atoms with van der Waals surface area (Å²) in [5, 5.41) is 5.44. The fourth-order valence-electron chi connectivity index (χ4n) is 3.11. The summed E-state index contributed by atoms with van der Waals surface area (Å²) < 4.78 is 10.5. The number of hydrogen-bond donors (Lipinski definition) is 1. The molecule has 1 N–H and O–H groups in total. The minimum atomic E-state index is -0.0925. The lowest BCUT2D eigenvalue weighted by Crippen LogP contribution is -2.39. The second-order valence-corrected chi connectivity index (χ2v) is 7.34. The number of benzene rings is 1. The molecule has 0 spiro atoms. The van der Waals surface area contributed by atoms with E-state index in [4.69, 9.17) is 21.1 Å². The normalized spacial score (nSPS) is 17.0. The predicted octanol–water partition coefficient (Wildman–Crippen LogP) is 3.98. The average molecular weight is 381 g/mol. The van der Waals surface area contributed by atoms with Gasteiger partial charge in [0.05, 0.1) is 31.5 Å². The summed E-state index contributed by atoms with van der Waals surface area (Å²) in [6, 6.07) is 5.70. The van der Waals surface area contributed by atoms with Crippen LogP contribution in [0.1, 0.15) is 23.4 Å². The molecule has 5 nitrogen and oxygen atoms in total. The molecule has 134 valence electrons. The Balaban J connectivity index is 1.70. The Hall–Kier alpha value is -1.76. The van der Waals surface area contributed by atoms with Crippen LogP contribution in [0.4, 0.5) is 5.69 Å².